The van der Waals surface area contributed by atoms with Gasteiger partial charge in [-0.15, -0.1) is 11.3 Å². The standard InChI is InChI=1S/C19H24N4O2S/c20-19-21-15(13-26-19)6-7-18(24)22-8-9-23-16(10-22)11-25-12-17(23)14-4-2-1-3-5-14/h1-5,13,16-17H,6-12H2,(H2,20,21)/t16-,17-/m1/s1. The van der Waals surface area contributed by atoms with Gasteiger partial charge in [0.25, 0.3) is 0 Å². The summed E-state index contributed by atoms with van der Waals surface area (Å²) in [5.74, 6) is 0.193. The van der Waals surface area contributed by atoms with Gasteiger partial charge in [-0.3, -0.25) is 9.69 Å². The van der Waals surface area contributed by atoms with E-state index in [0.717, 1.165) is 31.9 Å². The molecule has 2 aromatic rings. The number of nitrogen functional groups attached to an aromatic ring is 1. The number of rotatable bonds is 4. The van der Waals surface area contributed by atoms with Crippen molar-refractivity contribution in [3.63, 3.8) is 0 Å². The number of aryl methyl sites for hydroxylation is 1. The summed E-state index contributed by atoms with van der Waals surface area (Å²) in [5, 5.41) is 2.49. The molecule has 2 atom stereocenters. The van der Waals surface area contributed by atoms with Crippen LogP contribution < -0.4 is 5.73 Å². The number of ether oxygens (including phenoxy) is 1. The summed E-state index contributed by atoms with van der Waals surface area (Å²) in [4.78, 5) is 21.3. The number of fused-ring (bicyclic) bond motifs is 1. The first kappa shape index (κ1) is 17.5. The summed E-state index contributed by atoms with van der Waals surface area (Å²) in [7, 11) is 0. The van der Waals surface area contributed by atoms with Crippen molar-refractivity contribution in [3.05, 3.63) is 47.0 Å². The number of nitrogens with two attached hydrogens (primary N) is 1. The molecule has 26 heavy (non-hydrogen) atoms. The minimum atomic E-state index is 0.193. The number of carbonyl (C=O) groups is 1. The number of piperazine rings is 1. The van der Waals surface area contributed by atoms with Crippen molar-refractivity contribution >= 4 is 22.4 Å². The Balaban J connectivity index is 1.36. The van der Waals surface area contributed by atoms with Crippen LogP contribution in [-0.4, -0.2) is 59.6 Å². The first-order valence-corrected chi connectivity index (χ1v) is 9.95. The monoisotopic (exact) mass is 372 g/mol. The van der Waals surface area contributed by atoms with Crippen LogP contribution in [0.1, 0.15) is 23.7 Å². The normalized spacial score (nSPS) is 23.6. The van der Waals surface area contributed by atoms with E-state index < -0.39 is 0 Å². The van der Waals surface area contributed by atoms with Gasteiger partial charge in [-0.2, -0.15) is 0 Å². The maximum atomic E-state index is 12.6. The molecule has 2 N–H and O–H groups in total. The predicted octanol–water partition coefficient (Wildman–Crippen LogP) is 1.94. The van der Waals surface area contributed by atoms with Crippen LogP contribution in [0.25, 0.3) is 0 Å². The first-order chi connectivity index (χ1) is 12.7. The zero-order valence-corrected chi connectivity index (χ0v) is 15.5. The van der Waals surface area contributed by atoms with Crippen LogP contribution in [0.4, 0.5) is 5.13 Å². The topological polar surface area (TPSA) is 71.7 Å². The fourth-order valence-electron chi connectivity index (χ4n) is 3.86. The van der Waals surface area contributed by atoms with Crippen molar-refractivity contribution < 1.29 is 9.53 Å². The first-order valence-electron chi connectivity index (χ1n) is 9.07. The van der Waals surface area contributed by atoms with E-state index >= 15 is 0 Å². The summed E-state index contributed by atoms with van der Waals surface area (Å²) in [5.41, 5.74) is 7.85. The molecule has 0 saturated carbocycles. The Morgan fingerprint density at radius 2 is 2.12 bits per heavy atom. The molecule has 0 bridgehead atoms. The minimum absolute atomic E-state index is 0.193. The Labute approximate surface area is 157 Å². The molecule has 138 valence electrons. The molecule has 2 aliphatic rings. The number of benzene rings is 1. The Hall–Kier alpha value is -1.96. The third kappa shape index (κ3) is 3.75. The van der Waals surface area contributed by atoms with Crippen LogP contribution in [0.15, 0.2) is 35.7 Å². The Morgan fingerprint density at radius 1 is 1.27 bits per heavy atom. The third-order valence-corrected chi connectivity index (χ3v) is 5.94. The van der Waals surface area contributed by atoms with Gasteiger partial charge >= 0.3 is 0 Å². The van der Waals surface area contributed by atoms with E-state index in [1.165, 1.54) is 16.9 Å². The second-order valence-electron chi connectivity index (χ2n) is 6.87. The highest BCUT2D eigenvalue weighted by atomic mass is 32.1. The van der Waals surface area contributed by atoms with Crippen LogP contribution in [-0.2, 0) is 16.0 Å². The molecule has 6 nitrogen and oxygen atoms in total. The zero-order valence-electron chi connectivity index (χ0n) is 14.7. The van der Waals surface area contributed by atoms with Gasteiger partial charge in [0, 0.05) is 31.4 Å². The molecule has 0 radical (unpaired) electrons. The van der Waals surface area contributed by atoms with Crippen molar-refractivity contribution in [1.82, 2.24) is 14.8 Å². The van der Waals surface area contributed by atoms with E-state index in [1.54, 1.807) is 0 Å². The van der Waals surface area contributed by atoms with Gasteiger partial charge in [0.15, 0.2) is 5.13 Å². The Kier molecular flexibility index (Phi) is 5.19. The molecule has 1 aromatic heterocycles. The quantitative estimate of drug-likeness (QED) is 0.888. The lowest BCUT2D eigenvalue weighted by atomic mass is 10.00. The van der Waals surface area contributed by atoms with Gasteiger partial charge in [-0.05, 0) is 12.0 Å². The number of morpholine rings is 1. The summed E-state index contributed by atoms with van der Waals surface area (Å²) >= 11 is 1.42. The van der Waals surface area contributed by atoms with E-state index in [1.807, 2.05) is 16.3 Å². The van der Waals surface area contributed by atoms with Gasteiger partial charge in [0.05, 0.1) is 31.0 Å². The van der Waals surface area contributed by atoms with Gasteiger partial charge in [-0.25, -0.2) is 4.98 Å². The third-order valence-electron chi connectivity index (χ3n) is 5.22. The van der Waals surface area contributed by atoms with Crippen LogP contribution in [0.2, 0.25) is 0 Å². The van der Waals surface area contributed by atoms with Crippen LogP contribution in [0.3, 0.4) is 0 Å². The molecule has 2 aliphatic heterocycles. The molecule has 2 saturated heterocycles. The fraction of sp³-hybridized carbons (Fsp3) is 0.474. The van der Waals surface area contributed by atoms with Crippen LogP contribution in [0.5, 0.6) is 0 Å². The molecule has 4 rings (SSSR count). The number of anilines is 1. The SMILES string of the molecule is Nc1nc(CCC(=O)N2CCN3[C@@H](COC[C@@H]3c3ccccc3)C2)cs1. The molecule has 0 spiro atoms. The lowest BCUT2D eigenvalue weighted by Gasteiger charge is -2.48. The highest BCUT2D eigenvalue weighted by Crippen LogP contribution is 2.29. The summed E-state index contributed by atoms with van der Waals surface area (Å²) in [6, 6.07) is 11.1. The van der Waals surface area contributed by atoms with Gasteiger partial charge < -0.3 is 15.4 Å². The second-order valence-corrected chi connectivity index (χ2v) is 7.76. The highest BCUT2D eigenvalue weighted by Gasteiger charge is 2.37. The summed E-state index contributed by atoms with van der Waals surface area (Å²) < 4.78 is 5.86. The number of hydrogen-bond donors (Lipinski definition) is 1. The van der Waals surface area contributed by atoms with E-state index in [0.29, 0.717) is 24.6 Å². The summed E-state index contributed by atoms with van der Waals surface area (Å²) in [6.45, 7) is 3.82. The van der Waals surface area contributed by atoms with Crippen molar-refractivity contribution in [2.75, 3.05) is 38.6 Å². The average Bonchev–Trinajstić information content (AvgIpc) is 3.11. The molecule has 0 aliphatic carbocycles. The molecule has 7 heteroatoms. The maximum absolute atomic E-state index is 12.6. The predicted molar refractivity (Wildman–Crippen MR) is 102 cm³/mol. The minimum Gasteiger partial charge on any atom is -0.378 e. The lowest BCUT2D eigenvalue weighted by molar-refractivity contribution is -0.140. The van der Waals surface area contributed by atoms with E-state index in [4.69, 9.17) is 10.5 Å². The molecular formula is C19H24N4O2S. The molecule has 2 fully saturated rings. The van der Waals surface area contributed by atoms with Crippen molar-refractivity contribution in [3.8, 4) is 0 Å². The molecule has 3 heterocycles. The molecule has 1 amide bonds. The van der Waals surface area contributed by atoms with Gasteiger partial charge in [0.2, 0.25) is 5.91 Å². The number of hydrogen-bond acceptors (Lipinski definition) is 6. The largest absolute Gasteiger partial charge is 0.378 e. The lowest BCUT2D eigenvalue weighted by Crippen LogP contribution is -2.60. The Morgan fingerprint density at radius 3 is 2.88 bits per heavy atom. The zero-order chi connectivity index (χ0) is 17.9. The number of amides is 1. The number of carbonyl (C=O) groups excluding carboxylic acids is 1. The maximum Gasteiger partial charge on any atom is 0.223 e. The highest BCUT2D eigenvalue weighted by molar-refractivity contribution is 7.13. The van der Waals surface area contributed by atoms with Gasteiger partial charge in [-0.1, -0.05) is 30.3 Å². The van der Waals surface area contributed by atoms with E-state index in [-0.39, 0.29) is 18.0 Å². The fourth-order valence-corrected chi connectivity index (χ4v) is 4.46. The van der Waals surface area contributed by atoms with Crippen molar-refractivity contribution in [1.29, 1.82) is 0 Å². The molecule has 1 aromatic carbocycles. The molecular weight excluding hydrogens is 348 g/mol. The second kappa shape index (κ2) is 7.73. The number of aromatic nitrogens is 1. The smallest absolute Gasteiger partial charge is 0.223 e. The number of thiazole rings is 1. The van der Waals surface area contributed by atoms with E-state index in [2.05, 4.69) is 34.1 Å². The Bertz CT molecular complexity index is 751. The van der Waals surface area contributed by atoms with Crippen molar-refractivity contribution in [2.24, 2.45) is 0 Å². The van der Waals surface area contributed by atoms with Crippen molar-refractivity contribution in [2.45, 2.75) is 24.9 Å². The van der Waals surface area contributed by atoms with Crippen LogP contribution >= 0.6 is 11.3 Å². The molecule has 0 unspecified atom stereocenters. The van der Waals surface area contributed by atoms with Crippen LogP contribution in [0, 0.1) is 0 Å². The van der Waals surface area contributed by atoms with E-state index in [9.17, 15) is 4.79 Å². The average molecular weight is 372 g/mol. The summed E-state index contributed by atoms with van der Waals surface area (Å²) in [6.07, 6.45) is 1.14. The van der Waals surface area contributed by atoms with Gasteiger partial charge in [0.1, 0.15) is 0 Å². The number of nitrogens with zero attached hydrogens (tertiary/aromatic N) is 3.